The molecule has 17 heavy (non-hydrogen) atoms. The van der Waals surface area contributed by atoms with Gasteiger partial charge in [0.2, 0.25) is 0 Å². The lowest BCUT2D eigenvalue weighted by Gasteiger charge is -2.12. The second kappa shape index (κ2) is 4.63. The molecule has 1 aliphatic rings. The van der Waals surface area contributed by atoms with Crippen LogP contribution in [0, 0.1) is 6.92 Å². The molecule has 0 spiro atoms. The molecule has 0 saturated carbocycles. The van der Waals surface area contributed by atoms with E-state index in [9.17, 15) is 4.79 Å². The Kier molecular flexibility index (Phi) is 3.19. The molecule has 0 aliphatic carbocycles. The average Bonchev–Trinajstić information content (AvgIpc) is 2.71. The zero-order valence-electron chi connectivity index (χ0n) is 10.2. The highest BCUT2D eigenvalue weighted by atomic mass is 16.5. The zero-order valence-corrected chi connectivity index (χ0v) is 10.2. The number of rotatable bonds is 3. The normalized spacial score (nSPS) is 17.2. The van der Waals surface area contributed by atoms with E-state index in [2.05, 4.69) is 10.1 Å². The summed E-state index contributed by atoms with van der Waals surface area (Å²) in [6, 6.07) is 3.74. The summed E-state index contributed by atoms with van der Waals surface area (Å²) in [5.74, 6) is 0.529. The third kappa shape index (κ3) is 2.19. The molecule has 0 saturated heterocycles. The Labute approximate surface area is 100 Å². The van der Waals surface area contributed by atoms with Crippen molar-refractivity contribution in [2.45, 2.75) is 26.4 Å². The van der Waals surface area contributed by atoms with Crippen LogP contribution < -0.4 is 5.01 Å². The number of aromatic nitrogens is 1. The number of nitrogens with zero attached hydrogens (tertiary/aromatic N) is 3. The fraction of sp³-hybridized carbons (Fsp3) is 0.417. The molecule has 5 heteroatoms. The van der Waals surface area contributed by atoms with Gasteiger partial charge >= 0.3 is 0 Å². The second-order valence-electron chi connectivity index (χ2n) is 4.00. The third-order valence-electron chi connectivity index (χ3n) is 2.80. The van der Waals surface area contributed by atoms with Gasteiger partial charge in [-0.3, -0.25) is 4.79 Å². The van der Waals surface area contributed by atoms with Crippen LogP contribution in [0.1, 0.15) is 18.9 Å². The quantitative estimate of drug-likeness (QED) is 0.795. The van der Waals surface area contributed by atoms with Gasteiger partial charge in [-0.1, -0.05) is 6.07 Å². The van der Waals surface area contributed by atoms with Gasteiger partial charge in [-0.2, -0.15) is 10.1 Å². The fourth-order valence-electron chi connectivity index (χ4n) is 1.68. The monoisotopic (exact) mass is 233 g/mol. The Balaban J connectivity index is 2.31. The molecule has 2 rings (SSSR count). The number of anilines is 1. The molecule has 90 valence electrons. The number of carbonyl (C=O) groups is 1. The molecule has 1 aromatic rings. The lowest BCUT2D eigenvalue weighted by Crippen LogP contribution is -2.21. The van der Waals surface area contributed by atoms with Crippen molar-refractivity contribution < 1.29 is 9.53 Å². The van der Waals surface area contributed by atoms with Gasteiger partial charge in [-0.25, -0.2) is 4.98 Å². The van der Waals surface area contributed by atoms with Gasteiger partial charge in [-0.05, 0) is 25.5 Å². The summed E-state index contributed by atoms with van der Waals surface area (Å²) >= 11 is 0. The van der Waals surface area contributed by atoms with E-state index in [1.165, 1.54) is 5.01 Å². The molecule has 1 atom stereocenters. The fourth-order valence-corrected chi connectivity index (χ4v) is 1.68. The Morgan fingerprint density at radius 2 is 2.29 bits per heavy atom. The maximum Gasteiger partial charge on any atom is 0.254 e. The number of methoxy groups -OCH3 is 1. The van der Waals surface area contributed by atoms with Crippen molar-refractivity contribution in [3.8, 4) is 0 Å². The third-order valence-corrected chi connectivity index (χ3v) is 2.80. The first-order valence-electron chi connectivity index (χ1n) is 5.48. The molecule has 1 unspecified atom stereocenters. The smallest absolute Gasteiger partial charge is 0.254 e. The van der Waals surface area contributed by atoms with Crippen molar-refractivity contribution in [3.05, 3.63) is 23.9 Å². The van der Waals surface area contributed by atoms with E-state index < -0.39 is 0 Å². The maximum atomic E-state index is 11.9. The summed E-state index contributed by atoms with van der Waals surface area (Å²) in [5, 5.41) is 5.65. The van der Waals surface area contributed by atoms with E-state index in [0.717, 1.165) is 11.3 Å². The van der Waals surface area contributed by atoms with Crippen molar-refractivity contribution in [1.29, 1.82) is 0 Å². The van der Waals surface area contributed by atoms with Gasteiger partial charge in [0.1, 0.15) is 0 Å². The van der Waals surface area contributed by atoms with Crippen molar-refractivity contribution in [2.75, 3.05) is 12.1 Å². The minimum atomic E-state index is -0.145. The highest BCUT2D eigenvalue weighted by Gasteiger charge is 2.29. The molecule has 0 bridgehead atoms. The molecular weight excluding hydrogens is 218 g/mol. The Bertz CT molecular complexity index is 471. The first-order valence-corrected chi connectivity index (χ1v) is 5.48. The van der Waals surface area contributed by atoms with Gasteiger partial charge in [0.15, 0.2) is 5.82 Å². The summed E-state index contributed by atoms with van der Waals surface area (Å²) in [4.78, 5) is 16.1. The van der Waals surface area contributed by atoms with Crippen LogP contribution in [0.5, 0.6) is 0 Å². The Morgan fingerprint density at radius 3 is 2.94 bits per heavy atom. The van der Waals surface area contributed by atoms with Crippen LogP contribution >= 0.6 is 0 Å². The highest BCUT2D eigenvalue weighted by molar-refractivity contribution is 6.14. The van der Waals surface area contributed by atoms with E-state index in [0.29, 0.717) is 12.2 Å². The lowest BCUT2D eigenvalue weighted by molar-refractivity contribution is -0.117. The number of ether oxygens (including phenoxy) is 1. The summed E-state index contributed by atoms with van der Waals surface area (Å²) in [6.45, 7) is 3.78. The average molecular weight is 233 g/mol. The Morgan fingerprint density at radius 1 is 1.53 bits per heavy atom. The first-order chi connectivity index (χ1) is 8.13. The van der Waals surface area contributed by atoms with E-state index in [4.69, 9.17) is 4.74 Å². The van der Waals surface area contributed by atoms with E-state index in [-0.39, 0.29) is 12.0 Å². The van der Waals surface area contributed by atoms with E-state index in [1.807, 2.05) is 26.0 Å². The number of hydrazone groups is 1. The standard InChI is InChI=1S/C12H15N3O2/c1-8-5-4-6-13-12(8)15-11(16)7-10(14-15)9(2)17-3/h4-6,9H,7H2,1-3H3. The van der Waals surface area contributed by atoms with E-state index >= 15 is 0 Å². The van der Waals surface area contributed by atoms with Gasteiger partial charge in [-0.15, -0.1) is 0 Å². The van der Waals surface area contributed by atoms with E-state index in [1.54, 1.807) is 13.3 Å². The second-order valence-corrected chi connectivity index (χ2v) is 4.00. The molecule has 1 aromatic heterocycles. The van der Waals surface area contributed by atoms with Gasteiger partial charge in [0.05, 0.1) is 18.2 Å². The largest absolute Gasteiger partial charge is 0.376 e. The summed E-state index contributed by atoms with van der Waals surface area (Å²) in [5.41, 5.74) is 1.67. The molecule has 0 radical (unpaired) electrons. The van der Waals surface area contributed by atoms with Crippen molar-refractivity contribution in [1.82, 2.24) is 4.98 Å². The first kappa shape index (κ1) is 11.7. The number of hydrogen-bond donors (Lipinski definition) is 0. The molecular formula is C12H15N3O2. The molecule has 0 fully saturated rings. The zero-order chi connectivity index (χ0) is 12.4. The number of carbonyl (C=O) groups excluding carboxylic acids is 1. The van der Waals surface area contributed by atoms with Gasteiger partial charge in [0.25, 0.3) is 5.91 Å². The topological polar surface area (TPSA) is 54.8 Å². The van der Waals surface area contributed by atoms with Crippen LogP contribution in [0.3, 0.4) is 0 Å². The molecule has 0 N–H and O–H groups in total. The molecule has 0 aromatic carbocycles. The molecule has 2 heterocycles. The van der Waals surface area contributed by atoms with Gasteiger partial charge in [0, 0.05) is 13.3 Å². The van der Waals surface area contributed by atoms with Crippen LogP contribution in [0.2, 0.25) is 0 Å². The van der Waals surface area contributed by atoms with Crippen molar-refractivity contribution in [2.24, 2.45) is 5.10 Å². The lowest BCUT2D eigenvalue weighted by atomic mass is 10.2. The minimum Gasteiger partial charge on any atom is -0.376 e. The summed E-state index contributed by atoms with van der Waals surface area (Å²) in [7, 11) is 1.60. The molecule has 1 aliphatic heterocycles. The number of amides is 1. The van der Waals surface area contributed by atoms with Gasteiger partial charge < -0.3 is 4.74 Å². The Hall–Kier alpha value is -1.75. The van der Waals surface area contributed by atoms with Crippen LogP contribution in [0.15, 0.2) is 23.4 Å². The van der Waals surface area contributed by atoms with Crippen LogP contribution in [-0.2, 0) is 9.53 Å². The predicted molar refractivity (Wildman–Crippen MR) is 65.0 cm³/mol. The maximum absolute atomic E-state index is 11.9. The summed E-state index contributed by atoms with van der Waals surface area (Å²) in [6.07, 6.45) is 1.81. The van der Waals surface area contributed by atoms with Crippen LogP contribution in [0.25, 0.3) is 0 Å². The number of aryl methyl sites for hydroxylation is 1. The minimum absolute atomic E-state index is 0.0642. The molecule has 1 amide bonds. The SMILES string of the molecule is COC(C)C1=NN(c2ncccc2C)C(=O)C1. The predicted octanol–water partition coefficient (Wildman–Crippen LogP) is 1.52. The number of hydrogen-bond acceptors (Lipinski definition) is 4. The van der Waals surface area contributed by atoms with Crippen molar-refractivity contribution >= 4 is 17.4 Å². The highest BCUT2D eigenvalue weighted by Crippen LogP contribution is 2.22. The summed E-state index contributed by atoms with van der Waals surface area (Å²) < 4.78 is 5.17. The van der Waals surface area contributed by atoms with Crippen molar-refractivity contribution in [3.63, 3.8) is 0 Å². The molecule has 5 nitrogen and oxygen atoms in total. The van der Waals surface area contributed by atoms with Crippen LogP contribution in [0.4, 0.5) is 5.82 Å². The van der Waals surface area contributed by atoms with Crippen LogP contribution in [-0.4, -0.2) is 29.8 Å². The number of pyridine rings is 1.